The molecule has 3 rings (SSSR count). The number of fused-ring (bicyclic) bond motifs is 1. The number of aryl methyl sites for hydroxylation is 1. The van der Waals surface area contributed by atoms with Crippen molar-refractivity contribution in [3.05, 3.63) is 60.0 Å². The summed E-state index contributed by atoms with van der Waals surface area (Å²) in [4.78, 5) is 27.6. The van der Waals surface area contributed by atoms with Gasteiger partial charge in [0.15, 0.2) is 0 Å². The molecule has 140 valence electrons. The molecular weight excluding hydrogens is 368 g/mol. The molecule has 0 unspecified atom stereocenters. The van der Waals surface area contributed by atoms with E-state index in [-0.39, 0.29) is 17.2 Å². The van der Waals surface area contributed by atoms with Crippen LogP contribution >= 0.6 is 0 Å². The summed E-state index contributed by atoms with van der Waals surface area (Å²) in [7, 11) is -3.90. The third-order valence-corrected chi connectivity index (χ3v) is 5.24. The zero-order valence-corrected chi connectivity index (χ0v) is 15.6. The lowest BCUT2D eigenvalue weighted by Crippen LogP contribution is -2.28. The molecule has 2 amide bonds. The van der Waals surface area contributed by atoms with Crippen molar-refractivity contribution in [2.24, 2.45) is 0 Å². The van der Waals surface area contributed by atoms with Crippen LogP contribution in [0.4, 0.5) is 5.69 Å². The van der Waals surface area contributed by atoms with Gasteiger partial charge >= 0.3 is 0 Å². The molecule has 0 saturated carbocycles. The van der Waals surface area contributed by atoms with Gasteiger partial charge in [-0.15, -0.1) is 0 Å². The summed E-state index contributed by atoms with van der Waals surface area (Å²) in [5.74, 6) is -0.941. The first-order chi connectivity index (χ1) is 12.7. The highest BCUT2D eigenvalue weighted by Crippen LogP contribution is 2.15. The van der Waals surface area contributed by atoms with Gasteiger partial charge in [0.2, 0.25) is 11.8 Å². The Balaban J connectivity index is 1.68. The van der Waals surface area contributed by atoms with Gasteiger partial charge in [0, 0.05) is 25.0 Å². The Hall–Kier alpha value is -3.20. The van der Waals surface area contributed by atoms with Crippen molar-refractivity contribution in [3.8, 4) is 0 Å². The van der Waals surface area contributed by atoms with Crippen molar-refractivity contribution < 1.29 is 18.0 Å². The van der Waals surface area contributed by atoms with E-state index in [2.05, 4.69) is 10.3 Å². The Labute approximate surface area is 156 Å². The molecule has 0 aliphatic carbocycles. The number of anilines is 1. The van der Waals surface area contributed by atoms with E-state index in [1.165, 1.54) is 24.3 Å². The zero-order chi connectivity index (χ0) is 19.6. The molecule has 0 radical (unpaired) electrons. The zero-order valence-electron chi connectivity index (χ0n) is 14.8. The smallest absolute Gasteiger partial charge is 0.264 e. The lowest BCUT2D eigenvalue weighted by Gasteiger charge is -2.07. The van der Waals surface area contributed by atoms with E-state index < -0.39 is 15.9 Å². The number of aromatic nitrogens is 2. The molecule has 9 heteroatoms. The molecule has 27 heavy (non-hydrogen) atoms. The lowest BCUT2D eigenvalue weighted by atomic mass is 10.3. The Morgan fingerprint density at radius 3 is 2.48 bits per heavy atom. The minimum absolute atomic E-state index is 0.0634. The van der Waals surface area contributed by atoms with Gasteiger partial charge in [-0.05, 0) is 42.8 Å². The Kier molecular flexibility index (Phi) is 4.95. The Morgan fingerprint density at radius 1 is 1.15 bits per heavy atom. The first-order valence-electron chi connectivity index (χ1n) is 8.11. The number of hydrogen-bond donors (Lipinski definition) is 2. The van der Waals surface area contributed by atoms with Gasteiger partial charge in [0.05, 0.1) is 17.0 Å². The monoisotopic (exact) mass is 386 g/mol. The molecule has 8 nitrogen and oxygen atoms in total. The third kappa shape index (κ3) is 4.32. The second kappa shape index (κ2) is 7.20. The van der Waals surface area contributed by atoms with Crippen LogP contribution in [0.2, 0.25) is 0 Å². The number of sulfonamides is 1. The highest BCUT2D eigenvalue weighted by atomic mass is 32.2. The number of carbonyl (C=O) groups excluding carboxylic acids is 2. The molecular formula is C18H18N4O4S. The highest BCUT2D eigenvalue weighted by Gasteiger charge is 2.15. The summed E-state index contributed by atoms with van der Waals surface area (Å²) in [5, 5.41) is 2.70. The number of amides is 2. The molecule has 2 aromatic heterocycles. The van der Waals surface area contributed by atoms with Gasteiger partial charge < -0.3 is 9.72 Å². The van der Waals surface area contributed by atoms with Crippen molar-refractivity contribution in [2.45, 2.75) is 25.2 Å². The predicted octanol–water partition coefficient (Wildman–Crippen LogP) is 1.65. The second-order valence-corrected chi connectivity index (χ2v) is 7.75. The Bertz CT molecular complexity index is 1120. The molecule has 1 aromatic carbocycles. The number of imidazole rings is 1. The van der Waals surface area contributed by atoms with Gasteiger partial charge in [-0.1, -0.05) is 6.07 Å². The van der Waals surface area contributed by atoms with E-state index in [4.69, 9.17) is 0 Å². The van der Waals surface area contributed by atoms with Crippen LogP contribution < -0.4 is 10.0 Å². The van der Waals surface area contributed by atoms with Gasteiger partial charge in [-0.3, -0.25) is 9.59 Å². The maximum absolute atomic E-state index is 12.2. The topological polar surface area (TPSA) is 110 Å². The molecule has 0 saturated heterocycles. The number of pyridine rings is 1. The highest BCUT2D eigenvalue weighted by molar-refractivity contribution is 7.90. The number of carbonyl (C=O) groups is 2. The van der Waals surface area contributed by atoms with Crippen LogP contribution in [0, 0.1) is 6.92 Å². The van der Waals surface area contributed by atoms with E-state index in [9.17, 15) is 18.0 Å². The van der Waals surface area contributed by atoms with Gasteiger partial charge in [-0.2, -0.15) is 0 Å². The minimum atomic E-state index is -3.90. The fourth-order valence-corrected chi connectivity index (χ4v) is 3.62. The first kappa shape index (κ1) is 18.6. The molecule has 0 atom stereocenters. The number of nitrogens with zero attached hydrogens (tertiary/aromatic N) is 2. The maximum atomic E-state index is 12.2. The number of hydrogen-bond acceptors (Lipinski definition) is 5. The van der Waals surface area contributed by atoms with Crippen molar-refractivity contribution in [2.75, 3.05) is 5.32 Å². The predicted molar refractivity (Wildman–Crippen MR) is 99.7 cm³/mol. The summed E-state index contributed by atoms with van der Waals surface area (Å²) < 4.78 is 27.5. The fourth-order valence-electron chi connectivity index (χ4n) is 2.62. The molecule has 0 bridgehead atoms. The number of nitrogens with one attached hydrogen (secondary N) is 2. The van der Waals surface area contributed by atoms with E-state index in [0.717, 1.165) is 18.1 Å². The van der Waals surface area contributed by atoms with Crippen molar-refractivity contribution in [1.29, 1.82) is 0 Å². The van der Waals surface area contributed by atoms with Crippen LogP contribution in [0.5, 0.6) is 0 Å². The average molecular weight is 386 g/mol. The Morgan fingerprint density at radius 2 is 1.85 bits per heavy atom. The SMILES string of the molecule is CC(=O)NS(=O)(=O)c1ccc(NC(=O)Cc2cn3cccc(C)c3n2)cc1. The fraction of sp³-hybridized carbons (Fsp3) is 0.167. The molecule has 0 aliphatic heterocycles. The van der Waals surface area contributed by atoms with Crippen LogP contribution in [0.25, 0.3) is 5.65 Å². The summed E-state index contributed by atoms with van der Waals surface area (Å²) in [6, 6.07) is 9.40. The third-order valence-electron chi connectivity index (χ3n) is 3.80. The van der Waals surface area contributed by atoms with E-state index in [1.807, 2.05) is 34.4 Å². The standard InChI is InChI=1S/C18H18N4O4S/c1-12-4-3-9-22-11-15(20-18(12)22)10-17(24)19-14-5-7-16(8-6-14)27(25,26)21-13(2)23/h3-9,11H,10H2,1-2H3,(H,19,24)(H,21,23). The van der Waals surface area contributed by atoms with E-state index >= 15 is 0 Å². The van der Waals surface area contributed by atoms with Gasteiger partial charge in [-0.25, -0.2) is 18.1 Å². The summed E-state index contributed by atoms with van der Waals surface area (Å²) in [5.41, 5.74) is 2.89. The largest absolute Gasteiger partial charge is 0.326 e. The second-order valence-electron chi connectivity index (χ2n) is 6.07. The van der Waals surface area contributed by atoms with Crippen LogP contribution in [0.3, 0.4) is 0 Å². The van der Waals surface area contributed by atoms with Gasteiger partial charge in [0.1, 0.15) is 5.65 Å². The van der Waals surface area contributed by atoms with E-state index in [0.29, 0.717) is 11.4 Å². The van der Waals surface area contributed by atoms with Gasteiger partial charge in [0.25, 0.3) is 10.0 Å². The van der Waals surface area contributed by atoms with Crippen molar-refractivity contribution in [3.63, 3.8) is 0 Å². The average Bonchev–Trinajstić information content (AvgIpc) is 2.98. The normalized spacial score (nSPS) is 11.3. The molecule has 2 heterocycles. The number of rotatable bonds is 5. The van der Waals surface area contributed by atoms with Crippen molar-refractivity contribution in [1.82, 2.24) is 14.1 Å². The molecule has 3 aromatic rings. The lowest BCUT2D eigenvalue weighted by molar-refractivity contribution is -0.117. The summed E-state index contributed by atoms with van der Waals surface area (Å²) in [6.45, 7) is 3.07. The first-order valence-corrected chi connectivity index (χ1v) is 9.59. The molecule has 0 fully saturated rings. The van der Waals surface area contributed by atoms with E-state index in [1.54, 1.807) is 6.20 Å². The van der Waals surface area contributed by atoms with Crippen LogP contribution in [0.15, 0.2) is 53.7 Å². The molecule has 2 N–H and O–H groups in total. The van der Waals surface area contributed by atoms with Crippen molar-refractivity contribution >= 4 is 33.2 Å². The van der Waals surface area contributed by atoms with Crippen LogP contribution in [0.1, 0.15) is 18.2 Å². The summed E-state index contributed by atoms with van der Waals surface area (Å²) in [6.07, 6.45) is 3.75. The van der Waals surface area contributed by atoms with Crippen LogP contribution in [-0.2, 0) is 26.0 Å². The quantitative estimate of drug-likeness (QED) is 0.693. The number of benzene rings is 1. The maximum Gasteiger partial charge on any atom is 0.264 e. The summed E-state index contributed by atoms with van der Waals surface area (Å²) >= 11 is 0. The molecule has 0 spiro atoms. The van der Waals surface area contributed by atoms with Crippen LogP contribution in [-0.4, -0.2) is 29.6 Å². The minimum Gasteiger partial charge on any atom is -0.326 e. The molecule has 0 aliphatic rings.